The van der Waals surface area contributed by atoms with Gasteiger partial charge in [-0.25, -0.2) is 10.9 Å². The summed E-state index contributed by atoms with van der Waals surface area (Å²) in [5.41, 5.74) is -2.23. The zero-order valence-corrected chi connectivity index (χ0v) is 31.2. The van der Waals surface area contributed by atoms with E-state index < -0.39 is 68.9 Å². The molecule has 0 saturated heterocycles. The van der Waals surface area contributed by atoms with Crippen molar-refractivity contribution in [3.05, 3.63) is 180 Å². The molecule has 0 fully saturated rings. The van der Waals surface area contributed by atoms with Crippen LogP contribution in [0.3, 0.4) is 0 Å². The third-order valence-corrected chi connectivity index (χ3v) is 15.6. The smallest absolute Gasteiger partial charge is 0.204 e. The van der Waals surface area contributed by atoms with Crippen LogP contribution in [0.25, 0.3) is 0 Å². The van der Waals surface area contributed by atoms with Crippen molar-refractivity contribution >= 4 is 54.1 Å². The van der Waals surface area contributed by atoms with Gasteiger partial charge in [0.05, 0.1) is 28.4 Å². The number of halogens is 12. The number of rotatable bonds is 10. The lowest BCUT2D eigenvalue weighted by Gasteiger charge is -2.47. The Morgan fingerprint density at radius 2 is 0.509 bits per heavy atom. The van der Waals surface area contributed by atoms with Crippen LogP contribution in [0.4, 0.5) is 52.7 Å². The molecule has 0 unspecified atom stereocenters. The van der Waals surface area contributed by atoms with E-state index in [1.807, 2.05) is 24.3 Å². The average Bonchev–Trinajstić information content (AvgIpc) is 3.18. The van der Waals surface area contributed by atoms with Crippen LogP contribution in [0.15, 0.2) is 158 Å². The van der Waals surface area contributed by atoms with Crippen molar-refractivity contribution < 1.29 is 52.7 Å². The van der Waals surface area contributed by atoms with Crippen LogP contribution in [0.5, 0.6) is 0 Å². The first kappa shape index (κ1) is 42.0. The Kier molecular flexibility index (Phi) is 12.0. The summed E-state index contributed by atoms with van der Waals surface area (Å²) in [6, 6.07) is 35.9. The molecule has 6 aromatic rings. The number of alkyl halides is 12. The van der Waals surface area contributed by atoms with Gasteiger partial charge in [0.1, 0.15) is 0 Å². The van der Waals surface area contributed by atoms with E-state index in [1.165, 1.54) is 48.5 Å². The fraction of sp³-hybridized carbons (Fsp3) is 0.143. The van der Waals surface area contributed by atoms with Gasteiger partial charge in [0.2, 0.25) is 0 Å². The zero-order chi connectivity index (χ0) is 41.2. The highest BCUT2D eigenvalue weighted by Gasteiger charge is 2.38. The molecule has 0 nitrogen and oxygen atoms in total. The fourth-order valence-corrected chi connectivity index (χ4v) is 13.0. The van der Waals surface area contributed by atoms with Crippen molar-refractivity contribution in [2.75, 3.05) is 12.1 Å². The summed E-state index contributed by atoms with van der Waals surface area (Å²) in [6.45, 7) is 0. The molecule has 0 aliphatic rings. The van der Waals surface area contributed by atoms with Crippen molar-refractivity contribution in [3.63, 3.8) is 0 Å². The highest BCUT2D eigenvalue weighted by Crippen LogP contribution is 2.45. The van der Waals surface area contributed by atoms with E-state index in [0.717, 1.165) is 59.5 Å². The molecule has 0 aliphatic heterocycles. The monoisotopic (exact) mass is 835 g/mol. The van der Waals surface area contributed by atoms with E-state index in [1.54, 1.807) is 36.4 Å². The van der Waals surface area contributed by atoms with Gasteiger partial charge in [-0.15, -0.1) is 12.1 Å². The Hall–Kier alpha value is -4.60. The molecule has 0 aliphatic carbocycles. The molecule has 0 aromatic heterocycles. The molecule has 0 bridgehead atoms. The maximum atomic E-state index is 13.7. The lowest BCUT2D eigenvalue weighted by Crippen LogP contribution is -2.65. The van der Waals surface area contributed by atoms with Gasteiger partial charge < -0.3 is 0 Å². The van der Waals surface area contributed by atoms with Crippen molar-refractivity contribution in [1.29, 1.82) is 0 Å². The Labute approximate surface area is 323 Å². The number of hydrogen-bond donors (Lipinski definition) is 0. The minimum atomic E-state index is -4.67. The molecule has 0 amide bonds. The molecule has 0 spiro atoms. The quantitative estimate of drug-likeness (QED) is 0.0733. The molecule has 0 saturated carbocycles. The lowest BCUT2D eigenvalue weighted by molar-refractivity contribution is -0.138. The predicted molar refractivity (Wildman–Crippen MR) is 206 cm³/mol. The normalized spacial score (nSPS) is 13.0. The number of hydrogen-bond acceptors (Lipinski definition) is 0. The molecular weight excluding hydrogens is 805 g/mol. The van der Waals surface area contributed by atoms with Gasteiger partial charge in [-0.05, 0) is 69.7 Å². The Morgan fingerprint density at radius 3 is 0.702 bits per heavy atom. The van der Waals surface area contributed by atoms with Crippen molar-refractivity contribution in [1.82, 2.24) is 0 Å². The summed E-state index contributed by atoms with van der Waals surface area (Å²) in [5.74, 6) is 0. The first-order valence-corrected chi connectivity index (χ1v) is 20.3. The Balaban J connectivity index is 1.61. The summed E-state index contributed by atoms with van der Waals surface area (Å²) in [4.78, 5) is 0. The van der Waals surface area contributed by atoms with Gasteiger partial charge in [0.25, 0.3) is 0 Å². The van der Waals surface area contributed by atoms with Crippen LogP contribution in [-0.2, 0) is 24.7 Å². The second-order valence-corrected chi connectivity index (χ2v) is 18.0. The highest BCUT2D eigenvalue weighted by molar-refractivity contribution is 7.79. The van der Waals surface area contributed by atoms with Crippen LogP contribution in [0.2, 0.25) is 0 Å². The minimum absolute atomic E-state index is 0.139. The van der Waals surface area contributed by atoms with Gasteiger partial charge in [-0.2, -0.15) is 52.7 Å². The van der Waals surface area contributed by atoms with E-state index in [2.05, 4.69) is 0 Å². The topological polar surface area (TPSA) is 0 Å². The van der Waals surface area contributed by atoms with Crippen LogP contribution >= 0.6 is 15.8 Å². The van der Waals surface area contributed by atoms with Crippen LogP contribution < -0.4 is 32.1 Å². The van der Waals surface area contributed by atoms with Crippen molar-refractivity contribution in [3.8, 4) is 0 Å². The molecule has 0 heterocycles. The fourth-order valence-electron chi connectivity index (χ4n) is 6.98. The van der Waals surface area contributed by atoms with Crippen molar-refractivity contribution in [2.24, 2.45) is 0 Å². The highest BCUT2D eigenvalue weighted by atomic mass is 31.1. The van der Waals surface area contributed by atoms with Crippen molar-refractivity contribution in [2.45, 2.75) is 24.7 Å². The first-order chi connectivity index (χ1) is 26.8. The number of benzene rings is 6. The summed E-state index contributed by atoms with van der Waals surface area (Å²) in [5, 5.41) is 1.68. The van der Waals surface area contributed by atoms with Crippen LogP contribution in [0, 0.1) is 0 Å². The molecule has 6 aromatic carbocycles. The summed E-state index contributed by atoms with van der Waals surface area (Å²) in [6.07, 6.45) is -20.9. The predicted octanol–water partition coefficient (Wildman–Crippen LogP) is 10.7. The Bertz CT molecular complexity index is 1940. The van der Waals surface area contributed by atoms with Gasteiger partial charge >= 0.3 is 24.7 Å². The standard InChI is InChI=1S/C42H30BF12P2/c44-39(45,46)29-11-19-35(20-12-29)56(36-21-13-30(14-22-36)40(47,48)49)27-43(33-7-3-1-4-8-33,34-9-5-2-6-10-34)28-57(37-23-15-31(16-24-37)41(50,51)52)38-25-17-32(18-26-38)42(53,54)55/h1-26H,27-28H2/q-1. The van der Waals surface area contributed by atoms with Gasteiger partial charge in [-0.3, -0.25) is 0 Å². The second-order valence-electron chi connectivity index (χ2n) is 13.5. The SMILES string of the molecule is FC(F)(F)c1ccc(P(C[B-](CP(c2ccc(C(F)(F)F)cc2)c2ccc(C(F)(F)F)cc2)(c2ccccc2)c2ccccc2)c2ccc(C(F)(F)F)cc2)cc1. The molecular formula is C42H30BF12P2-. The average molecular weight is 835 g/mol. The molecule has 0 N–H and O–H groups in total. The van der Waals surface area contributed by atoms with E-state index in [-0.39, 0.29) is 12.1 Å². The molecule has 0 atom stereocenters. The van der Waals surface area contributed by atoms with Gasteiger partial charge in [0.15, 0.2) is 0 Å². The molecule has 0 radical (unpaired) electrons. The Morgan fingerprint density at radius 1 is 0.298 bits per heavy atom. The van der Waals surface area contributed by atoms with E-state index in [9.17, 15) is 52.7 Å². The molecule has 15 heteroatoms. The summed E-state index contributed by atoms with van der Waals surface area (Å²) in [7, 11) is -3.57. The molecule has 6 rings (SSSR count). The zero-order valence-electron chi connectivity index (χ0n) is 29.4. The van der Waals surface area contributed by atoms with Gasteiger partial charge in [-0.1, -0.05) is 125 Å². The summed E-state index contributed by atoms with van der Waals surface area (Å²) < 4.78 is 165. The van der Waals surface area contributed by atoms with Gasteiger partial charge in [0, 0.05) is 0 Å². The van der Waals surface area contributed by atoms with Crippen LogP contribution in [-0.4, -0.2) is 18.3 Å². The van der Waals surface area contributed by atoms with E-state index in [0.29, 0.717) is 21.2 Å². The summed E-state index contributed by atoms with van der Waals surface area (Å²) >= 11 is 0. The first-order valence-electron chi connectivity index (χ1n) is 17.3. The third kappa shape index (κ3) is 9.76. The van der Waals surface area contributed by atoms with Crippen LogP contribution in [0.1, 0.15) is 22.3 Å². The second kappa shape index (κ2) is 16.3. The van der Waals surface area contributed by atoms with E-state index >= 15 is 0 Å². The maximum Gasteiger partial charge on any atom is 0.416 e. The maximum absolute atomic E-state index is 13.7. The third-order valence-electron chi connectivity index (χ3n) is 9.89. The minimum Gasteiger partial charge on any atom is -0.204 e. The largest absolute Gasteiger partial charge is 0.416 e. The van der Waals surface area contributed by atoms with E-state index in [4.69, 9.17) is 0 Å². The molecule has 57 heavy (non-hydrogen) atoms. The lowest BCUT2D eigenvalue weighted by atomic mass is 9.21. The molecule has 296 valence electrons.